The summed E-state index contributed by atoms with van der Waals surface area (Å²) in [6, 6.07) is 11.4. The highest BCUT2D eigenvalue weighted by Crippen LogP contribution is 2.22. The van der Waals surface area contributed by atoms with Gasteiger partial charge in [0.25, 0.3) is 0 Å². The second kappa shape index (κ2) is 11.7. The lowest BCUT2D eigenvalue weighted by Gasteiger charge is -2.06. The van der Waals surface area contributed by atoms with Crippen molar-refractivity contribution in [1.82, 2.24) is 4.57 Å². The summed E-state index contributed by atoms with van der Waals surface area (Å²) in [4.78, 5) is 28.9. The first-order valence-corrected chi connectivity index (χ1v) is 13.6. The van der Waals surface area contributed by atoms with Crippen LogP contribution in [0.3, 0.4) is 0 Å². The van der Waals surface area contributed by atoms with Crippen molar-refractivity contribution in [2.45, 2.75) is 38.1 Å². The minimum atomic E-state index is -3.51. The van der Waals surface area contributed by atoms with Crippen LogP contribution in [0, 0.1) is 0 Å². The maximum atomic E-state index is 12.6. The van der Waals surface area contributed by atoms with E-state index < -0.39 is 15.7 Å². The Morgan fingerprint density at radius 2 is 1.91 bits per heavy atom. The van der Waals surface area contributed by atoms with Crippen LogP contribution >= 0.6 is 22.9 Å². The number of rotatable bonds is 10. The summed E-state index contributed by atoms with van der Waals surface area (Å²) < 4.78 is 33.2. The minimum absolute atomic E-state index is 0.00364. The Bertz CT molecular complexity index is 1350. The minimum Gasteiger partial charge on any atom is -0.380 e. The summed E-state index contributed by atoms with van der Waals surface area (Å²) in [7, 11) is -3.51. The van der Waals surface area contributed by atoms with Crippen molar-refractivity contribution in [2.75, 3.05) is 24.3 Å². The summed E-state index contributed by atoms with van der Waals surface area (Å²) in [6.07, 6.45) is 0.160. The maximum absolute atomic E-state index is 12.6. The lowest BCUT2D eigenvalue weighted by molar-refractivity contribution is -0.118. The number of benzene rings is 2. The van der Waals surface area contributed by atoms with Crippen molar-refractivity contribution in [3.63, 3.8) is 0 Å². The van der Waals surface area contributed by atoms with Crippen molar-refractivity contribution in [3.05, 3.63) is 52.3 Å². The normalized spacial score (nSPS) is 12.3. The molecule has 182 valence electrons. The van der Waals surface area contributed by atoms with Gasteiger partial charge in [0.05, 0.1) is 27.5 Å². The first-order valence-electron chi connectivity index (χ1n) is 10.7. The van der Waals surface area contributed by atoms with Crippen LogP contribution < -0.4 is 10.1 Å². The number of halogens is 1. The monoisotopic (exact) mass is 523 g/mol. The van der Waals surface area contributed by atoms with Crippen molar-refractivity contribution < 1.29 is 22.7 Å². The fourth-order valence-corrected chi connectivity index (χ4v) is 5.84. The average Bonchev–Trinajstić information content (AvgIpc) is 3.09. The Morgan fingerprint density at radius 1 is 1.18 bits per heavy atom. The number of aromatic nitrogens is 1. The Morgan fingerprint density at radius 3 is 2.59 bits per heavy atom. The number of sulfone groups is 1. The van der Waals surface area contributed by atoms with Gasteiger partial charge in [-0.1, -0.05) is 22.9 Å². The molecule has 8 nitrogen and oxygen atoms in total. The number of nitrogens with zero attached hydrogens (tertiary/aromatic N) is 2. The second-order valence-electron chi connectivity index (χ2n) is 7.48. The van der Waals surface area contributed by atoms with Crippen LogP contribution in [-0.4, -0.2) is 43.8 Å². The summed E-state index contributed by atoms with van der Waals surface area (Å²) >= 11 is 7.14. The van der Waals surface area contributed by atoms with E-state index in [9.17, 15) is 18.0 Å². The van der Waals surface area contributed by atoms with E-state index in [0.717, 1.165) is 10.2 Å². The number of anilines is 1. The van der Waals surface area contributed by atoms with E-state index in [1.54, 1.807) is 6.07 Å². The van der Waals surface area contributed by atoms with Crippen LogP contribution in [0.4, 0.5) is 5.69 Å². The summed E-state index contributed by atoms with van der Waals surface area (Å²) in [5.74, 6) is -0.730. The number of fused-ring (bicyclic) bond motifs is 1. The number of carbonyl (C=O) groups excluding carboxylic acids is 2. The first kappa shape index (κ1) is 26.1. The molecule has 0 unspecified atom stereocenters. The van der Waals surface area contributed by atoms with Gasteiger partial charge in [-0.15, -0.1) is 0 Å². The van der Waals surface area contributed by atoms with E-state index in [2.05, 4.69) is 10.3 Å². The van der Waals surface area contributed by atoms with E-state index in [4.69, 9.17) is 16.3 Å². The van der Waals surface area contributed by atoms with E-state index in [0.29, 0.717) is 35.3 Å². The highest BCUT2D eigenvalue weighted by atomic mass is 35.5. The topological polar surface area (TPSA) is 107 Å². The molecule has 0 radical (unpaired) electrons. The molecule has 2 amide bonds. The third kappa shape index (κ3) is 6.99. The van der Waals surface area contributed by atoms with E-state index >= 15 is 0 Å². The van der Waals surface area contributed by atoms with Gasteiger partial charge in [0, 0.05) is 37.2 Å². The van der Waals surface area contributed by atoms with E-state index in [1.807, 2.05) is 23.6 Å². The molecule has 1 N–H and O–H groups in total. The Hall–Kier alpha value is -2.53. The van der Waals surface area contributed by atoms with Crippen LogP contribution in [0.2, 0.25) is 5.02 Å². The number of nitrogens with one attached hydrogen (secondary N) is 1. The van der Waals surface area contributed by atoms with Crippen LogP contribution in [0.15, 0.2) is 52.4 Å². The summed E-state index contributed by atoms with van der Waals surface area (Å²) in [6.45, 7) is 4.88. The molecule has 0 saturated heterocycles. The molecule has 0 atom stereocenters. The molecule has 11 heteroatoms. The third-order valence-electron chi connectivity index (χ3n) is 4.86. The predicted octanol–water partition coefficient (Wildman–Crippen LogP) is 4.03. The Labute approximate surface area is 207 Å². The van der Waals surface area contributed by atoms with Gasteiger partial charge >= 0.3 is 0 Å². The Balaban J connectivity index is 1.78. The number of ether oxygens (including phenoxy) is 1. The largest absolute Gasteiger partial charge is 0.380 e. The number of carbonyl (C=O) groups is 2. The zero-order valence-corrected chi connectivity index (χ0v) is 21.3. The van der Waals surface area contributed by atoms with Gasteiger partial charge in [0.2, 0.25) is 11.8 Å². The number of amides is 2. The van der Waals surface area contributed by atoms with Gasteiger partial charge < -0.3 is 14.6 Å². The molecule has 2 aromatic carbocycles. The standard InChI is InChI=1S/C23H26ClN3O5S2/c1-3-32-13-12-27-20-11-8-18(25-16(2)28)15-21(20)33-23(27)26-22(29)5-4-14-34(30,31)19-9-6-17(24)7-10-19/h6-11,15H,3-5,12-14H2,1-2H3,(H,25,28). The van der Waals surface area contributed by atoms with Gasteiger partial charge in [-0.05, 0) is 55.8 Å². The number of thiazole rings is 1. The number of hydrogen-bond acceptors (Lipinski definition) is 6. The fraction of sp³-hybridized carbons (Fsp3) is 0.348. The molecular weight excluding hydrogens is 498 g/mol. The summed E-state index contributed by atoms with van der Waals surface area (Å²) in [5.41, 5.74) is 1.53. The molecule has 1 aromatic heterocycles. The highest BCUT2D eigenvalue weighted by Gasteiger charge is 2.15. The fourth-order valence-electron chi connectivity index (χ4n) is 3.29. The molecule has 0 fully saturated rings. The maximum Gasteiger partial charge on any atom is 0.248 e. The zero-order chi connectivity index (χ0) is 24.7. The lowest BCUT2D eigenvalue weighted by atomic mass is 10.3. The van der Waals surface area contributed by atoms with E-state index in [-0.39, 0.29) is 29.4 Å². The average molecular weight is 524 g/mol. The van der Waals surface area contributed by atoms with Crippen molar-refractivity contribution in [2.24, 2.45) is 4.99 Å². The second-order valence-corrected chi connectivity index (χ2v) is 11.0. The third-order valence-corrected chi connectivity index (χ3v) is 7.97. The molecule has 0 aliphatic carbocycles. The van der Waals surface area contributed by atoms with Gasteiger partial charge in [-0.25, -0.2) is 8.42 Å². The van der Waals surface area contributed by atoms with Gasteiger partial charge in [0.1, 0.15) is 0 Å². The van der Waals surface area contributed by atoms with Crippen molar-refractivity contribution in [1.29, 1.82) is 0 Å². The van der Waals surface area contributed by atoms with Crippen LogP contribution in [-0.2, 0) is 30.7 Å². The molecule has 0 saturated carbocycles. The molecule has 0 spiro atoms. The smallest absolute Gasteiger partial charge is 0.248 e. The van der Waals surface area contributed by atoms with E-state index in [1.165, 1.54) is 42.5 Å². The van der Waals surface area contributed by atoms with Gasteiger partial charge in [-0.3, -0.25) is 9.59 Å². The van der Waals surface area contributed by atoms with Gasteiger partial charge in [-0.2, -0.15) is 4.99 Å². The lowest BCUT2D eigenvalue weighted by Crippen LogP contribution is -2.20. The highest BCUT2D eigenvalue weighted by molar-refractivity contribution is 7.91. The molecule has 34 heavy (non-hydrogen) atoms. The van der Waals surface area contributed by atoms with Crippen molar-refractivity contribution >= 4 is 60.5 Å². The quantitative estimate of drug-likeness (QED) is 0.404. The molecule has 3 aromatic rings. The van der Waals surface area contributed by atoms with Crippen LogP contribution in [0.5, 0.6) is 0 Å². The molecule has 0 aliphatic rings. The van der Waals surface area contributed by atoms with Crippen LogP contribution in [0.1, 0.15) is 26.7 Å². The molecule has 3 rings (SSSR count). The predicted molar refractivity (Wildman–Crippen MR) is 134 cm³/mol. The first-order chi connectivity index (χ1) is 16.2. The molecule has 0 bridgehead atoms. The molecule has 1 heterocycles. The van der Waals surface area contributed by atoms with Crippen LogP contribution in [0.25, 0.3) is 10.2 Å². The summed E-state index contributed by atoms with van der Waals surface area (Å²) in [5, 5.41) is 3.21. The SMILES string of the molecule is CCOCCn1c(=NC(=O)CCCS(=O)(=O)c2ccc(Cl)cc2)sc2cc(NC(C)=O)ccc21. The number of hydrogen-bond donors (Lipinski definition) is 1. The van der Waals surface area contributed by atoms with Gasteiger partial charge in [0.15, 0.2) is 14.6 Å². The molecular formula is C23H26ClN3O5S2. The van der Waals surface area contributed by atoms with Crippen molar-refractivity contribution in [3.8, 4) is 0 Å². The Kier molecular flexibility index (Phi) is 9.01. The zero-order valence-electron chi connectivity index (χ0n) is 18.9. The molecule has 0 aliphatic heterocycles.